The molecule has 0 atom stereocenters. The van der Waals surface area contributed by atoms with Gasteiger partial charge in [0.15, 0.2) is 0 Å². The Bertz CT molecular complexity index is 475. The van der Waals surface area contributed by atoms with Gasteiger partial charge in [-0.3, -0.25) is 0 Å². The average Bonchev–Trinajstić information content (AvgIpc) is 2.24. The Morgan fingerprint density at radius 2 is 2.25 bits per heavy atom. The van der Waals surface area contributed by atoms with Crippen LogP contribution >= 0.6 is 0 Å². The van der Waals surface area contributed by atoms with Crippen molar-refractivity contribution in [1.82, 2.24) is 0 Å². The number of carbonyl (C=O) groups is 1. The van der Waals surface area contributed by atoms with Gasteiger partial charge in [0.25, 0.3) is 0 Å². The van der Waals surface area contributed by atoms with E-state index in [1.807, 2.05) is 6.07 Å². The maximum atomic E-state index is 10.8. The molecule has 0 bridgehead atoms. The summed E-state index contributed by atoms with van der Waals surface area (Å²) in [5.41, 5.74) is 6.81. The molecule has 5 nitrogen and oxygen atoms in total. The van der Waals surface area contributed by atoms with Crippen LogP contribution in [0.1, 0.15) is 27.9 Å². The SMILES string of the molecule is Cc1c(N)c(CCC#N)cc(C(=O)O)c1O. The number of nitriles is 1. The van der Waals surface area contributed by atoms with Gasteiger partial charge in [-0.05, 0) is 25.0 Å². The summed E-state index contributed by atoms with van der Waals surface area (Å²) in [6, 6.07) is 3.28. The van der Waals surface area contributed by atoms with Crippen LogP contribution in [0.5, 0.6) is 5.75 Å². The van der Waals surface area contributed by atoms with Crippen LogP contribution in [-0.2, 0) is 6.42 Å². The third-order valence-electron chi connectivity index (χ3n) is 2.42. The first kappa shape index (κ1) is 11.9. The predicted octanol–water partition coefficient (Wildman–Crippen LogP) is 1.44. The van der Waals surface area contributed by atoms with Crippen molar-refractivity contribution < 1.29 is 15.0 Å². The fourth-order valence-electron chi connectivity index (χ4n) is 1.45. The molecule has 1 aromatic carbocycles. The number of rotatable bonds is 3. The van der Waals surface area contributed by atoms with Crippen LogP contribution in [0.3, 0.4) is 0 Å². The number of nitrogens with zero attached hydrogens (tertiary/aromatic N) is 1. The molecule has 84 valence electrons. The van der Waals surface area contributed by atoms with E-state index in [2.05, 4.69) is 0 Å². The Morgan fingerprint density at radius 3 is 2.75 bits per heavy atom. The number of aryl methyl sites for hydroxylation is 1. The highest BCUT2D eigenvalue weighted by Crippen LogP contribution is 2.31. The van der Waals surface area contributed by atoms with Gasteiger partial charge in [-0.1, -0.05) is 0 Å². The molecule has 0 aliphatic carbocycles. The van der Waals surface area contributed by atoms with Gasteiger partial charge < -0.3 is 15.9 Å². The van der Waals surface area contributed by atoms with E-state index in [1.165, 1.54) is 6.07 Å². The molecule has 5 heteroatoms. The van der Waals surface area contributed by atoms with Gasteiger partial charge in [-0.25, -0.2) is 4.79 Å². The van der Waals surface area contributed by atoms with Crippen molar-refractivity contribution in [1.29, 1.82) is 5.26 Å². The summed E-state index contributed by atoms with van der Waals surface area (Å²) in [5, 5.41) is 26.9. The molecule has 0 aliphatic heterocycles. The van der Waals surface area contributed by atoms with Crippen molar-refractivity contribution in [2.24, 2.45) is 0 Å². The molecule has 0 aliphatic rings. The Kier molecular flexibility index (Phi) is 3.36. The molecule has 0 fully saturated rings. The zero-order valence-electron chi connectivity index (χ0n) is 8.82. The normalized spacial score (nSPS) is 9.75. The van der Waals surface area contributed by atoms with E-state index in [-0.39, 0.29) is 17.7 Å². The van der Waals surface area contributed by atoms with E-state index in [0.29, 0.717) is 23.2 Å². The van der Waals surface area contributed by atoms with Crippen LogP contribution in [0.25, 0.3) is 0 Å². The van der Waals surface area contributed by atoms with Gasteiger partial charge in [0.05, 0.1) is 6.07 Å². The smallest absolute Gasteiger partial charge is 0.339 e. The van der Waals surface area contributed by atoms with E-state index >= 15 is 0 Å². The molecule has 0 saturated heterocycles. The number of benzene rings is 1. The molecule has 0 heterocycles. The van der Waals surface area contributed by atoms with E-state index in [1.54, 1.807) is 6.92 Å². The first-order chi connectivity index (χ1) is 7.49. The maximum Gasteiger partial charge on any atom is 0.339 e. The lowest BCUT2D eigenvalue weighted by Gasteiger charge is -2.11. The molecule has 0 amide bonds. The first-order valence-electron chi connectivity index (χ1n) is 4.70. The third-order valence-corrected chi connectivity index (χ3v) is 2.42. The molecule has 1 aromatic rings. The Balaban J connectivity index is 3.30. The molecule has 16 heavy (non-hydrogen) atoms. The van der Waals surface area contributed by atoms with Crippen LogP contribution in [0.2, 0.25) is 0 Å². The number of carboxylic acid groups (broad SMARTS) is 1. The lowest BCUT2D eigenvalue weighted by molar-refractivity contribution is 0.0693. The zero-order valence-corrected chi connectivity index (χ0v) is 8.82. The average molecular weight is 220 g/mol. The van der Waals surface area contributed by atoms with Gasteiger partial charge in [-0.15, -0.1) is 0 Å². The summed E-state index contributed by atoms with van der Waals surface area (Å²) >= 11 is 0. The highest BCUT2D eigenvalue weighted by atomic mass is 16.4. The number of phenols is 1. The second-order valence-corrected chi connectivity index (χ2v) is 3.43. The second-order valence-electron chi connectivity index (χ2n) is 3.43. The molecule has 4 N–H and O–H groups in total. The molecule has 1 rings (SSSR count). The fraction of sp³-hybridized carbons (Fsp3) is 0.273. The van der Waals surface area contributed by atoms with Crippen LogP contribution in [0, 0.1) is 18.3 Å². The van der Waals surface area contributed by atoms with Crippen molar-refractivity contribution in [3.8, 4) is 11.8 Å². The highest BCUT2D eigenvalue weighted by Gasteiger charge is 2.16. The monoisotopic (exact) mass is 220 g/mol. The van der Waals surface area contributed by atoms with Gasteiger partial charge >= 0.3 is 5.97 Å². The number of carboxylic acids is 1. The summed E-state index contributed by atoms with van der Waals surface area (Å²) in [4.78, 5) is 10.8. The van der Waals surface area contributed by atoms with Crippen molar-refractivity contribution in [2.45, 2.75) is 19.8 Å². The lowest BCUT2D eigenvalue weighted by atomic mass is 9.99. The fourth-order valence-corrected chi connectivity index (χ4v) is 1.45. The summed E-state index contributed by atoms with van der Waals surface area (Å²) in [7, 11) is 0. The first-order valence-corrected chi connectivity index (χ1v) is 4.70. The minimum absolute atomic E-state index is 0.181. The summed E-state index contributed by atoms with van der Waals surface area (Å²) in [6.07, 6.45) is 0.636. The number of nitrogen functional groups attached to an aromatic ring is 1. The Labute approximate surface area is 92.7 Å². The standard InChI is InChI=1S/C11H12N2O3/c1-6-9(13)7(3-2-4-12)5-8(10(6)14)11(15)16/h5,14H,2-3,13H2,1H3,(H,15,16). The predicted molar refractivity (Wildman–Crippen MR) is 58.1 cm³/mol. The van der Waals surface area contributed by atoms with Crippen LogP contribution in [0.4, 0.5) is 5.69 Å². The quantitative estimate of drug-likeness (QED) is 0.668. The summed E-state index contributed by atoms with van der Waals surface area (Å²) < 4.78 is 0. The maximum absolute atomic E-state index is 10.8. The van der Waals surface area contributed by atoms with Crippen molar-refractivity contribution in [3.63, 3.8) is 0 Å². The van der Waals surface area contributed by atoms with Gasteiger partial charge in [0.1, 0.15) is 11.3 Å². The molecule has 0 saturated carbocycles. The van der Waals surface area contributed by atoms with E-state index in [4.69, 9.17) is 16.1 Å². The topological polar surface area (TPSA) is 107 Å². The number of nitrogens with two attached hydrogens (primary N) is 1. The number of hydrogen-bond donors (Lipinski definition) is 3. The Hall–Kier alpha value is -2.22. The molecular weight excluding hydrogens is 208 g/mol. The van der Waals surface area contributed by atoms with E-state index in [9.17, 15) is 9.90 Å². The lowest BCUT2D eigenvalue weighted by Crippen LogP contribution is -2.04. The molecular formula is C11H12N2O3. The Morgan fingerprint density at radius 1 is 1.62 bits per heavy atom. The summed E-state index contributed by atoms with van der Waals surface area (Å²) in [5.74, 6) is -1.52. The molecule has 0 aromatic heterocycles. The minimum atomic E-state index is -1.21. The van der Waals surface area contributed by atoms with Crippen LogP contribution in [-0.4, -0.2) is 16.2 Å². The minimum Gasteiger partial charge on any atom is -0.507 e. The van der Waals surface area contributed by atoms with Gasteiger partial charge in [0, 0.05) is 17.7 Å². The highest BCUT2D eigenvalue weighted by molar-refractivity contribution is 5.92. The van der Waals surface area contributed by atoms with Crippen molar-refractivity contribution >= 4 is 11.7 Å². The van der Waals surface area contributed by atoms with Crippen molar-refractivity contribution in [2.75, 3.05) is 5.73 Å². The molecule has 0 spiro atoms. The van der Waals surface area contributed by atoms with E-state index in [0.717, 1.165) is 0 Å². The zero-order chi connectivity index (χ0) is 12.3. The van der Waals surface area contributed by atoms with E-state index < -0.39 is 5.97 Å². The number of aromatic hydroxyl groups is 1. The van der Waals surface area contributed by atoms with Crippen LogP contribution in [0.15, 0.2) is 6.07 Å². The number of aromatic carboxylic acids is 1. The van der Waals surface area contributed by atoms with Crippen molar-refractivity contribution in [3.05, 3.63) is 22.8 Å². The molecule has 0 unspecified atom stereocenters. The largest absolute Gasteiger partial charge is 0.507 e. The molecule has 0 radical (unpaired) electrons. The third kappa shape index (κ3) is 2.06. The number of hydrogen-bond acceptors (Lipinski definition) is 4. The second kappa shape index (κ2) is 4.53. The number of anilines is 1. The van der Waals surface area contributed by atoms with Gasteiger partial charge in [-0.2, -0.15) is 5.26 Å². The van der Waals surface area contributed by atoms with Gasteiger partial charge in [0.2, 0.25) is 0 Å². The summed E-state index contributed by atoms with van der Waals surface area (Å²) in [6.45, 7) is 1.55. The van der Waals surface area contributed by atoms with Crippen LogP contribution < -0.4 is 5.73 Å².